The van der Waals surface area contributed by atoms with Gasteiger partial charge in [0.25, 0.3) is 0 Å². The molecular weight excluding hydrogens is 247 g/mol. The molecule has 0 saturated carbocycles. The number of nitrogens with one attached hydrogen (secondary N) is 1. The third kappa shape index (κ3) is 2.04. The van der Waals surface area contributed by atoms with E-state index >= 15 is 0 Å². The summed E-state index contributed by atoms with van der Waals surface area (Å²) in [5, 5.41) is 10.1. The van der Waals surface area contributed by atoms with Crippen LogP contribution in [0.3, 0.4) is 0 Å². The van der Waals surface area contributed by atoms with Gasteiger partial charge in [0.05, 0.1) is 0 Å². The van der Waals surface area contributed by atoms with E-state index in [1.165, 1.54) is 17.0 Å². The van der Waals surface area contributed by atoms with Gasteiger partial charge in [0.2, 0.25) is 0 Å². The average Bonchev–Trinajstić information content (AvgIpc) is 2.97. The lowest BCUT2D eigenvalue weighted by molar-refractivity contribution is 0.433. The van der Waals surface area contributed by atoms with Gasteiger partial charge in [-0.15, -0.1) is 11.3 Å². The normalized spacial score (nSPS) is 14.1. The molecule has 2 aromatic rings. The molecule has 1 aromatic heterocycles. The van der Waals surface area contributed by atoms with Gasteiger partial charge < -0.3 is 4.90 Å². The smallest absolute Gasteiger partial charge is 0.128 e. The van der Waals surface area contributed by atoms with Crippen LogP contribution in [0.1, 0.15) is 16.0 Å². The van der Waals surface area contributed by atoms with Crippen LogP contribution in [0.4, 0.5) is 4.39 Å². The molecule has 0 radical (unpaired) electrons. The molecule has 0 bridgehead atoms. The van der Waals surface area contributed by atoms with Crippen molar-refractivity contribution in [2.75, 3.05) is 6.54 Å². The lowest BCUT2D eigenvalue weighted by atomic mass is 10.1. The molecule has 0 spiro atoms. The summed E-state index contributed by atoms with van der Waals surface area (Å²) in [6, 6.07) is 8.86. The van der Waals surface area contributed by atoms with E-state index in [4.69, 9.17) is 5.41 Å². The van der Waals surface area contributed by atoms with Gasteiger partial charge in [-0.1, -0.05) is 12.1 Å². The first kappa shape index (κ1) is 11.4. The molecule has 0 unspecified atom stereocenters. The molecule has 0 saturated heterocycles. The first-order valence-electron chi connectivity index (χ1n) is 5.89. The van der Waals surface area contributed by atoms with Crippen LogP contribution >= 0.6 is 11.3 Å². The van der Waals surface area contributed by atoms with Crippen LogP contribution in [0.15, 0.2) is 35.7 Å². The molecule has 2 heterocycles. The zero-order valence-electron chi connectivity index (χ0n) is 9.82. The number of hydrogen-bond donors (Lipinski definition) is 1. The van der Waals surface area contributed by atoms with E-state index in [2.05, 4.69) is 11.4 Å². The maximum Gasteiger partial charge on any atom is 0.128 e. The Morgan fingerprint density at radius 3 is 3.00 bits per heavy atom. The summed E-state index contributed by atoms with van der Waals surface area (Å²) in [5.74, 6) is 0.180. The summed E-state index contributed by atoms with van der Waals surface area (Å²) < 4.78 is 13.2. The maximum absolute atomic E-state index is 13.2. The summed E-state index contributed by atoms with van der Waals surface area (Å²) in [6.07, 6.45) is 0.941. The Morgan fingerprint density at radius 2 is 2.22 bits per heavy atom. The second kappa shape index (κ2) is 4.53. The molecule has 0 aliphatic carbocycles. The van der Waals surface area contributed by atoms with E-state index in [1.54, 1.807) is 17.4 Å². The van der Waals surface area contributed by atoms with Gasteiger partial charge in [-0.25, -0.2) is 4.39 Å². The molecular formula is C14H13FN2S. The fraction of sp³-hybridized carbons (Fsp3) is 0.214. The fourth-order valence-corrected chi connectivity index (χ4v) is 2.95. The first-order chi connectivity index (χ1) is 8.74. The van der Waals surface area contributed by atoms with E-state index in [9.17, 15) is 4.39 Å². The lowest BCUT2D eigenvalue weighted by Gasteiger charge is -2.17. The minimum absolute atomic E-state index is 0.265. The third-order valence-electron chi connectivity index (χ3n) is 3.21. The molecule has 92 valence electrons. The molecule has 3 rings (SSSR count). The Bertz CT molecular complexity index is 577. The fourth-order valence-electron chi connectivity index (χ4n) is 2.25. The summed E-state index contributed by atoms with van der Waals surface area (Å²) >= 11 is 1.74. The van der Waals surface area contributed by atoms with E-state index in [0.29, 0.717) is 5.84 Å². The molecule has 2 nitrogen and oxygen atoms in total. The molecule has 1 aromatic carbocycles. The molecule has 1 N–H and O–H groups in total. The predicted octanol–water partition coefficient (Wildman–Crippen LogP) is 3.27. The molecule has 0 amide bonds. The van der Waals surface area contributed by atoms with Crippen molar-refractivity contribution >= 4 is 17.2 Å². The predicted molar refractivity (Wildman–Crippen MR) is 71.7 cm³/mol. The number of nitrogens with zero attached hydrogens (tertiary/aromatic N) is 1. The van der Waals surface area contributed by atoms with Gasteiger partial charge in [0, 0.05) is 23.5 Å². The summed E-state index contributed by atoms with van der Waals surface area (Å²) in [4.78, 5) is 3.33. The summed E-state index contributed by atoms with van der Waals surface area (Å²) in [7, 11) is 0. The Balaban J connectivity index is 1.72. The monoisotopic (exact) mass is 260 g/mol. The van der Waals surface area contributed by atoms with Gasteiger partial charge in [0.1, 0.15) is 11.7 Å². The molecule has 0 fully saturated rings. The maximum atomic E-state index is 13.2. The summed E-state index contributed by atoms with van der Waals surface area (Å²) in [5.41, 5.74) is 1.79. The number of benzene rings is 1. The van der Waals surface area contributed by atoms with E-state index in [-0.39, 0.29) is 5.82 Å². The highest BCUT2D eigenvalue weighted by Gasteiger charge is 2.24. The van der Waals surface area contributed by atoms with Crippen molar-refractivity contribution in [2.24, 2.45) is 0 Å². The highest BCUT2D eigenvalue weighted by Crippen LogP contribution is 2.24. The number of amidine groups is 1. The van der Waals surface area contributed by atoms with Crippen molar-refractivity contribution in [1.29, 1.82) is 5.41 Å². The van der Waals surface area contributed by atoms with Crippen LogP contribution in [0, 0.1) is 11.2 Å². The van der Waals surface area contributed by atoms with Crippen molar-refractivity contribution in [3.8, 4) is 0 Å². The van der Waals surface area contributed by atoms with Crippen LogP contribution < -0.4 is 0 Å². The van der Waals surface area contributed by atoms with Crippen molar-refractivity contribution < 1.29 is 4.39 Å². The standard InChI is InChI=1S/C14H13FN2S/c15-11-4-3-10-9-17(14(16)13(10)8-11)6-5-12-2-1-7-18-12/h1-4,7-8,16H,5-6,9H2. The van der Waals surface area contributed by atoms with Gasteiger partial charge in [-0.3, -0.25) is 5.41 Å². The van der Waals surface area contributed by atoms with Gasteiger partial charge >= 0.3 is 0 Å². The first-order valence-corrected chi connectivity index (χ1v) is 6.77. The highest BCUT2D eigenvalue weighted by atomic mass is 32.1. The molecule has 1 aliphatic rings. The van der Waals surface area contributed by atoms with Crippen molar-refractivity contribution in [3.63, 3.8) is 0 Å². The van der Waals surface area contributed by atoms with Gasteiger partial charge in [0.15, 0.2) is 0 Å². The number of rotatable bonds is 3. The number of halogens is 1. The van der Waals surface area contributed by atoms with E-state index in [0.717, 1.165) is 30.6 Å². The minimum Gasteiger partial charge on any atom is -0.352 e. The summed E-state index contributed by atoms with van der Waals surface area (Å²) in [6.45, 7) is 1.54. The third-order valence-corrected chi connectivity index (χ3v) is 4.15. The Kier molecular flexibility index (Phi) is 2.88. The minimum atomic E-state index is -0.265. The van der Waals surface area contributed by atoms with E-state index < -0.39 is 0 Å². The van der Waals surface area contributed by atoms with Crippen LogP contribution in [0.2, 0.25) is 0 Å². The number of hydrogen-bond acceptors (Lipinski definition) is 2. The van der Waals surface area contributed by atoms with Crippen molar-refractivity contribution in [1.82, 2.24) is 4.90 Å². The van der Waals surface area contributed by atoms with Crippen molar-refractivity contribution in [3.05, 3.63) is 57.5 Å². The lowest BCUT2D eigenvalue weighted by Crippen LogP contribution is -2.26. The van der Waals surface area contributed by atoms with E-state index in [1.807, 2.05) is 11.0 Å². The average molecular weight is 260 g/mol. The zero-order valence-corrected chi connectivity index (χ0v) is 10.6. The quantitative estimate of drug-likeness (QED) is 0.901. The van der Waals surface area contributed by atoms with Crippen LogP contribution in [-0.2, 0) is 13.0 Å². The van der Waals surface area contributed by atoms with Gasteiger partial charge in [-0.05, 0) is 35.6 Å². The molecule has 4 heteroatoms. The second-order valence-corrected chi connectivity index (χ2v) is 5.43. The molecule has 1 aliphatic heterocycles. The largest absolute Gasteiger partial charge is 0.352 e. The van der Waals surface area contributed by atoms with Crippen molar-refractivity contribution in [2.45, 2.75) is 13.0 Å². The Morgan fingerprint density at radius 1 is 1.33 bits per heavy atom. The highest BCUT2D eigenvalue weighted by molar-refractivity contribution is 7.09. The Hall–Kier alpha value is -1.68. The SMILES string of the molecule is N=C1c2cc(F)ccc2CN1CCc1cccs1. The zero-order chi connectivity index (χ0) is 12.5. The topological polar surface area (TPSA) is 27.1 Å². The Labute approximate surface area is 109 Å². The molecule has 0 atom stereocenters. The van der Waals surface area contributed by atoms with Crippen LogP contribution in [-0.4, -0.2) is 17.3 Å². The molecule has 18 heavy (non-hydrogen) atoms. The number of fused-ring (bicyclic) bond motifs is 1. The van der Waals surface area contributed by atoms with Gasteiger partial charge in [-0.2, -0.15) is 0 Å². The number of thiophene rings is 1. The van der Waals surface area contributed by atoms with Crippen LogP contribution in [0.25, 0.3) is 0 Å². The second-order valence-electron chi connectivity index (χ2n) is 4.40. The van der Waals surface area contributed by atoms with Crippen LogP contribution in [0.5, 0.6) is 0 Å².